The highest BCUT2D eigenvalue weighted by Crippen LogP contribution is 2.21. The Morgan fingerprint density at radius 1 is 1.10 bits per heavy atom. The van der Waals surface area contributed by atoms with Crippen molar-refractivity contribution in [2.75, 3.05) is 5.32 Å². The number of aliphatic carboxylic acids is 1. The molecule has 3 heteroatoms. The lowest BCUT2D eigenvalue weighted by atomic mass is 10.1. The molecule has 3 nitrogen and oxygen atoms in total. The van der Waals surface area contributed by atoms with E-state index < -0.39 is 5.97 Å². The number of nitrogens with one attached hydrogen (secondary N) is 1. The molecule has 0 aliphatic heterocycles. The standard InChI is InChI=1S/C18H17NO2/c1-13-10-14(2)12-16(11-13)19-17(8-9-18(20)21)15-6-4-3-5-7-15/h3-7,10-12,17,19H,1-2H3,(H,20,21). The minimum absolute atomic E-state index is 0.358. The van der Waals surface area contributed by atoms with Crippen LogP contribution >= 0.6 is 0 Å². The Labute approximate surface area is 124 Å². The lowest BCUT2D eigenvalue weighted by Gasteiger charge is -2.16. The molecule has 0 bridgehead atoms. The van der Waals surface area contributed by atoms with Crippen LogP contribution in [0.4, 0.5) is 5.69 Å². The molecular formula is C18H17NO2. The highest BCUT2D eigenvalue weighted by Gasteiger charge is 2.08. The van der Waals surface area contributed by atoms with Gasteiger partial charge in [-0.1, -0.05) is 42.3 Å². The van der Waals surface area contributed by atoms with Crippen molar-refractivity contribution >= 4 is 11.7 Å². The molecule has 0 spiro atoms. The number of rotatable bonds is 3. The van der Waals surface area contributed by atoms with Crippen molar-refractivity contribution in [1.29, 1.82) is 0 Å². The molecule has 1 unspecified atom stereocenters. The van der Waals surface area contributed by atoms with E-state index in [9.17, 15) is 4.79 Å². The minimum atomic E-state index is -1.13. The Morgan fingerprint density at radius 3 is 2.29 bits per heavy atom. The smallest absolute Gasteiger partial charge is 0.381 e. The van der Waals surface area contributed by atoms with Crippen molar-refractivity contribution in [3.8, 4) is 11.8 Å². The zero-order valence-electron chi connectivity index (χ0n) is 12.1. The molecular weight excluding hydrogens is 262 g/mol. The molecule has 0 heterocycles. The second-order valence-corrected chi connectivity index (χ2v) is 4.94. The summed E-state index contributed by atoms with van der Waals surface area (Å²) in [6.07, 6.45) is 0. The number of carboxylic acids is 1. The number of hydrogen-bond donors (Lipinski definition) is 2. The quantitative estimate of drug-likeness (QED) is 0.845. The van der Waals surface area contributed by atoms with Crippen LogP contribution in [0.2, 0.25) is 0 Å². The van der Waals surface area contributed by atoms with Gasteiger partial charge >= 0.3 is 5.97 Å². The van der Waals surface area contributed by atoms with Crippen LogP contribution in [0.25, 0.3) is 0 Å². The second kappa shape index (κ2) is 6.62. The van der Waals surface area contributed by atoms with Gasteiger partial charge in [0.15, 0.2) is 0 Å². The maximum Gasteiger partial charge on any atom is 0.381 e. The summed E-state index contributed by atoms with van der Waals surface area (Å²) in [5.41, 5.74) is 4.16. The van der Waals surface area contributed by atoms with Crippen LogP contribution in [0, 0.1) is 25.7 Å². The van der Waals surface area contributed by atoms with Crippen molar-refractivity contribution in [3.63, 3.8) is 0 Å². The molecule has 2 aromatic rings. The molecule has 2 rings (SSSR count). The van der Waals surface area contributed by atoms with Crippen molar-refractivity contribution in [2.24, 2.45) is 0 Å². The SMILES string of the molecule is Cc1cc(C)cc(NC(C#CC(=O)O)c2ccccc2)c1. The summed E-state index contributed by atoms with van der Waals surface area (Å²) >= 11 is 0. The molecule has 21 heavy (non-hydrogen) atoms. The summed E-state index contributed by atoms with van der Waals surface area (Å²) in [7, 11) is 0. The van der Waals surface area contributed by atoms with Crippen LogP contribution in [0.15, 0.2) is 48.5 Å². The second-order valence-electron chi connectivity index (χ2n) is 4.94. The highest BCUT2D eigenvalue weighted by atomic mass is 16.4. The maximum atomic E-state index is 10.7. The number of carboxylic acid groups (broad SMARTS) is 1. The lowest BCUT2D eigenvalue weighted by molar-refractivity contribution is -0.130. The van der Waals surface area contributed by atoms with Gasteiger partial charge in [0.25, 0.3) is 0 Å². The summed E-state index contributed by atoms with van der Waals surface area (Å²) in [4.78, 5) is 10.7. The van der Waals surface area contributed by atoms with E-state index in [4.69, 9.17) is 5.11 Å². The number of anilines is 1. The van der Waals surface area contributed by atoms with E-state index in [0.29, 0.717) is 0 Å². The third kappa shape index (κ3) is 4.39. The van der Waals surface area contributed by atoms with Gasteiger partial charge in [0, 0.05) is 11.6 Å². The fourth-order valence-corrected chi connectivity index (χ4v) is 2.21. The van der Waals surface area contributed by atoms with Crippen LogP contribution in [0.5, 0.6) is 0 Å². The van der Waals surface area contributed by atoms with Crippen molar-refractivity contribution in [1.82, 2.24) is 0 Å². The van der Waals surface area contributed by atoms with E-state index in [1.807, 2.05) is 56.3 Å². The summed E-state index contributed by atoms with van der Waals surface area (Å²) in [5.74, 6) is 3.83. The molecule has 0 saturated heterocycles. The van der Waals surface area contributed by atoms with Gasteiger partial charge in [-0.15, -0.1) is 0 Å². The zero-order valence-corrected chi connectivity index (χ0v) is 12.1. The molecule has 2 aromatic carbocycles. The fourth-order valence-electron chi connectivity index (χ4n) is 2.21. The van der Waals surface area contributed by atoms with Gasteiger partial charge in [-0.3, -0.25) is 0 Å². The lowest BCUT2D eigenvalue weighted by Crippen LogP contribution is -2.09. The summed E-state index contributed by atoms with van der Waals surface area (Å²) in [5, 5.41) is 12.1. The predicted molar refractivity (Wildman–Crippen MR) is 84.1 cm³/mol. The molecule has 106 valence electrons. The van der Waals surface area contributed by atoms with Crippen LogP contribution in [0.3, 0.4) is 0 Å². The van der Waals surface area contributed by atoms with Crippen LogP contribution < -0.4 is 5.32 Å². The first-order valence-electron chi connectivity index (χ1n) is 6.69. The molecule has 2 N–H and O–H groups in total. The van der Waals surface area contributed by atoms with Gasteiger partial charge in [0.2, 0.25) is 0 Å². The van der Waals surface area contributed by atoms with E-state index >= 15 is 0 Å². The van der Waals surface area contributed by atoms with E-state index in [1.54, 1.807) is 0 Å². The average Bonchev–Trinajstić information content (AvgIpc) is 2.43. The highest BCUT2D eigenvalue weighted by molar-refractivity contribution is 5.86. The summed E-state index contributed by atoms with van der Waals surface area (Å²) in [6, 6.07) is 15.4. The van der Waals surface area contributed by atoms with Gasteiger partial charge in [0.05, 0.1) is 0 Å². The van der Waals surface area contributed by atoms with Crippen molar-refractivity contribution in [3.05, 3.63) is 65.2 Å². The van der Waals surface area contributed by atoms with E-state index in [0.717, 1.165) is 22.4 Å². The molecule has 0 radical (unpaired) electrons. The van der Waals surface area contributed by atoms with Crippen LogP contribution in [0.1, 0.15) is 22.7 Å². The largest absolute Gasteiger partial charge is 0.472 e. The first kappa shape index (κ1) is 14.7. The normalized spacial score (nSPS) is 11.1. The Hall–Kier alpha value is -2.73. The van der Waals surface area contributed by atoms with Crippen LogP contribution in [-0.2, 0) is 4.79 Å². The molecule has 0 saturated carbocycles. The Kier molecular flexibility index (Phi) is 4.63. The van der Waals surface area contributed by atoms with Gasteiger partial charge in [-0.25, -0.2) is 4.79 Å². The third-order valence-corrected chi connectivity index (χ3v) is 2.99. The summed E-state index contributed by atoms with van der Waals surface area (Å²) in [6.45, 7) is 4.05. The zero-order chi connectivity index (χ0) is 15.2. The average molecular weight is 279 g/mol. The Balaban J connectivity index is 2.32. The minimum Gasteiger partial charge on any atom is -0.472 e. The molecule has 0 amide bonds. The number of carbonyl (C=O) groups is 1. The summed E-state index contributed by atoms with van der Waals surface area (Å²) < 4.78 is 0. The predicted octanol–water partition coefficient (Wildman–Crippen LogP) is 3.54. The van der Waals surface area contributed by atoms with E-state index in [-0.39, 0.29) is 6.04 Å². The number of aryl methyl sites for hydroxylation is 2. The van der Waals surface area contributed by atoms with Gasteiger partial charge in [-0.05, 0) is 42.7 Å². The molecule has 0 aliphatic rings. The number of benzene rings is 2. The third-order valence-electron chi connectivity index (χ3n) is 2.99. The van der Waals surface area contributed by atoms with Gasteiger partial charge in [0.1, 0.15) is 6.04 Å². The van der Waals surface area contributed by atoms with Gasteiger partial charge < -0.3 is 10.4 Å². The van der Waals surface area contributed by atoms with Crippen molar-refractivity contribution < 1.29 is 9.90 Å². The maximum absolute atomic E-state index is 10.7. The van der Waals surface area contributed by atoms with E-state index in [1.165, 1.54) is 0 Å². The molecule has 1 atom stereocenters. The van der Waals surface area contributed by atoms with Gasteiger partial charge in [-0.2, -0.15) is 0 Å². The Morgan fingerprint density at radius 2 is 1.71 bits per heavy atom. The first-order chi connectivity index (χ1) is 10.0. The van der Waals surface area contributed by atoms with Crippen molar-refractivity contribution in [2.45, 2.75) is 19.9 Å². The molecule has 0 fully saturated rings. The van der Waals surface area contributed by atoms with E-state index in [2.05, 4.69) is 23.2 Å². The molecule has 0 aliphatic carbocycles. The number of hydrogen-bond acceptors (Lipinski definition) is 2. The fraction of sp³-hybridized carbons (Fsp3) is 0.167. The Bertz CT molecular complexity index is 676. The molecule has 0 aromatic heterocycles. The monoisotopic (exact) mass is 279 g/mol. The van der Waals surface area contributed by atoms with Crippen LogP contribution in [-0.4, -0.2) is 11.1 Å². The topological polar surface area (TPSA) is 49.3 Å². The first-order valence-corrected chi connectivity index (χ1v) is 6.69.